The Hall–Kier alpha value is -4.80. The molecule has 1 saturated heterocycles. The maximum absolute atomic E-state index is 14.8. The summed E-state index contributed by atoms with van der Waals surface area (Å²) in [4.78, 5) is 64.0. The number of aromatic hydroxyl groups is 1. The van der Waals surface area contributed by atoms with Crippen LogP contribution in [0, 0.1) is 17.5 Å². The lowest BCUT2D eigenvalue weighted by molar-refractivity contribution is -0.153. The van der Waals surface area contributed by atoms with Crippen molar-refractivity contribution in [2.24, 2.45) is 0 Å². The van der Waals surface area contributed by atoms with Crippen molar-refractivity contribution in [2.45, 2.75) is 25.3 Å². The van der Waals surface area contributed by atoms with E-state index < -0.39 is 88.9 Å². The predicted octanol–water partition coefficient (Wildman–Crippen LogP) is 0.0887. The number of hydrogen-bond acceptors (Lipinski definition) is 8. The molecule has 2 heterocycles. The molecule has 0 radical (unpaired) electrons. The molecule has 2 aliphatic heterocycles. The van der Waals surface area contributed by atoms with E-state index in [9.17, 15) is 52.4 Å². The minimum absolute atomic E-state index is 0.0305. The number of amides is 5. The van der Waals surface area contributed by atoms with Crippen LogP contribution >= 0.6 is 0 Å². The van der Waals surface area contributed by atoms with E-state index in [4.69, 9.17) is 4.65 Å². The van der Waals surface area contributed by atoms with Crippen molar-refractivity contribution in [3.05, 3.63) is 58.4 Å². The summed E-state index contributed by atoms with van der Waals surface area (Å²) < 4.78 is 48.8. The number of phenolic OH excluding ortho intramolecular Hbond substituents is 1. The van der Waals surface area contributed by atoms with Crippen LogP contribution in [0.1, 0.15) is 34.5 Å². The summed E-state index contributed by atoms with van der Waals surface area (Å²) in [5, 5.41) is 33.5. The fourth-order valence-electron chi connectivity index (χ4n) is 4.51. The topological polar surface area (TPSA) is 186 Å². The van der Waals surface area contributed by atoms with Gasteiger partial charge in [0.25, 0.3) is 0 Å². The maximum atomic E-state index is 14.8. The highest BCUT2D eigenvalue weighted by molar-refractivity contribution is 6.47. The van der Waals surface area contributed by atoms with Crippen LogP contribution in [0.25, 0.3) is 0 Å². The Labute approximate surface area is 229 Å². The number of nitrogens with zero attached hydrogens (tertiary/aromatic N) is 2. The van der Waals surface area contributed by atoms with E-state index in [2.05, 4.69) is 5.32 Å². The Morgan fingerprint density at radius 1 is 1.10 bits per heavy atom. The molecular weight excluding hydrogens is 556 g/mol. The number of hydrogen-bond donors (Lipinski definition) is 5. The van der Waals surface area contributed by atoms with Gasteiger partial charge in [-0.3, -0.25) is 19.3 Å². The number of fused-ring (bicyclic) bond motifs is 1. The van der Waals surface area contributed by atoms with Gasteiger partial charge < -0.3 is 35.4 Å². The number of phenols is 1. The monoisotopic (exact) mass is 578 g/mol. The highest BCUT2D eigenvalue weighted by Gasteiger charge is 2.42. The number of carbonyl (C=O) groups is 5. The molecule has 4 rings (SSSR count). The number of nitrogens with one attached hydrogen (secondary N) is 2. The highest BCUT2D eigenvalue weighted by Crippen LogP contribution is 2.33. The van der Waals surface area contributed by atoms with Gasteiger partial charge in [0.05, 0.1) is 11.5 Å². The first-order valence-corrected chi connectivity index (χ1v) is 12.1. The van der Waals surface area contributed by atoms with Gasteiger partial charge in [0.2, 0.25) is 5.91 Å². The van der Waals surface area contributed by atoms with Crippen molar-refractivity contribution in [2.75, 3.05) is 19.6 Å². The quantitative estimate of drug-likeness (QED) is 0.234. The number of rotatable bonds is 6. The number of carboxylic acids is 1. The summed E-state index contributed by atoms with van der Waals surface area (Å²) >= 11 is 0. The Kier molecular flexibility index (Phi) is 8.09. The van der Waals surface area contributed by atoms with Gasteiger partial charge in [-0.05, 0) is 25.0 Å². The fourth-order valence-corrected chi connectivity index (χ4v) is 4.51. The molecule has 1 fully saturated rings. The average Bonchev–Trinajstić information content (AvgIpc) is 2.89. The second kappa shape index (κ2) is 11.4. The van der Waals surface area contributed by atoms with Crippen molar-refractivity contribution >= 4 is 36.8 Å². The fraction of sp³-hybridized carbons (Fsp3) is 0.292. The first kappa shape index (κ1) is 29.2. The van der Waals surface area contributed by atoms with E-state index in [0.29, 0.717) is 17.0 Å². The van der Waals surface area contributed by atoms with Crippen LogP contribution in [0.5, 0.6) is 11.5 Å². The molecule has 2 aromatic rings. The van der Waals surface area contributed by atoms with Crippen LogP contribution in [-0.4, -0.2) is 87.5 Å². The van der Waals surface area contributed by atoms with Crippen LogP contribution in [0.4, 0.5) is 18.0 Å². The Balaban J connectivity index is 1.63. The number of piperazine rings is 1. The molecule has 41 heavy (non-hydrogen) atoms. The molecule has 216 valence electrons. The predicted molar refractivity (Wildman–Crippen MR) is 131 cm³/mol. The van der Waals surface area contributed by atoms with E-state index in [-0.39, 0.29) is 31.6 Å². The molecule has 2 atom stereocenters. The zero-order valence-electron chi connectivity index (χ0n) is 21.2. The van der Waals surface area contributed by atoms with Crippen molar-refractivity contribution in [1.82, 2.24) is 20.4 Å². The standard InChI is InChI=1S/C24H22BF3N4O9/c1-2-31-5-6-32(22(36)21(31)35)24(39)30-18(16-13(27)8-11(33)9-14(16)28)20(34)29-15-7-10-3-4-12(26)17(23(37)38)19(10)41-25(15)40/h3-4,8-9,15,18,33,40H,2,5-7H2,1H3,(H,29,34)(H,30,39)(H,37,38)/t15-,18?/m0/s1. The molecule has 2 aromatic carbocycles. The van der Waals surface area contributed by atoms with Gasteiger partial charge in [0.1, 0.15) is 40.6 Å². The van der Waals surface area contributed by atoms with Crippen LogP contribution in [0.3, 0.4) is 0 Å². The minimum Gasteiger partial charge on any atom is -0.534 e. The number of carbonyl (C=O) groups excluding carboxylic acids is 4. The third-order valence-electron chi connectivity index (χ3n) is 6.57. The molecule has 1 unspecified atom stereocenters. The summed E-state index contributed by atoms with van der Waals surface area (Å²) in [6.45, 7) is 1.48. The zero-order chi connectivity index (χ0) is 30.2. The summed E-state index contributed by atoms with van der Waals surface area (Å²) in [5.74, 6) is -12.0. The smallest absolute Gasteiger partial charge is 0.534 e. The third-order valence-corrected chi connectivity index (χ3v) is 6.57. The summed E-state index contributed by atoms with van der Waals surface area (Å²) in [6, 6.07) is -0.611. The van der Waals surface area contributed by atoms with E-state index in [0.717, 1.165) is 12.1 Å². The zero-order valence-corrected chi connectivity index (χ0v) is 21.2. The molecular formula is C24H22BF3N4O9. The van der Waals surface area contributed by atoms with Crippen LogP contribution in [0.2, 0.25) is 0 Å². The molecule has 0 bridgehead atoms. The second-order valence-electron chi connectivity index (χ2n) is 9.09. The number of likely N-dealkylation sites (N-methyl/N-ethyl adjacent to an activating group) is 1. The first-order chi connectivity index (χ1) is 19.3. The third kappa shape index (κ3) is 5.61. The van der Waals surface area contributed by atoms with Gasteiger partial charge in [-0.2, -0.15) is 0 Å². The summed E-state index contributed by atoms with van der Waals surface area (Å²) in [7, 11) is -1.96. The normalized spacial score (nSPS) is 17.5. The molecule has 0 aliphatic carbocycles. The van der Waals surface area contributed by atoms with Gasteiger partial charge in [-0.15, -0.1) is 0 Å². The summed E-state index contributed by atoms with van der Waals surface area (Å²) in [6.07, 6.45) is -0.323. The first-order valence-electron chi connectivity index (χ1n) is 12.1. The lowest BCUT2D eigenvalue weighted by Gasteiger charge is -2.33. The molecule has 5 amide bonds. The van der Waals surface area contributed by atoms with Crippen molar-refractivity contribution < 1.29 is 57.0 Å². The van der Waals surface area contributed by atoms with E-state index in [1.807, 2.05) is 5.32 Å². The number of aromatic carboxylic acids is 1. The van der Waals surface area contributed by atoms with Gasteiger partial charge in [0.15, 0.2) is 0 Å². The number of urea groups is 1. The second-order valence-corrected chi connectivity index (χ2v) is 9.09. The molecule has 17 heteroatoms. The molecule has 0 spiro atoms. The van der Waals surface area contributed by atoms with Crippen LogP contribution in [-0.2, 0) is 20.8 Å². The van der Waals surface area contributed by atoms with Crippen LogP contribution in [0.15, 0.2) is 24.3 Å². The van der Waals surface area contributed by atoms with Gasteiger partial charge in [-0.1, -0.05) is 6.07 Å². The largest absolute Gasteiger partial charge is 0.547 e. The van der Waals surface area contributed by atoms with Gasteiger partial charge in [-0.25, -0.2) is 22.8 Å². The number of benzene rings is 2. The Morgan fingerprint density at radius 3 is 2.37 bits per heavy atom. The SMILES string of the molecule is CCN1CCN(C(=O)NC(C(=O)N[C@H]2Cc3ccc(F)c(C(=O)O)c3OB2O)c2c(F)cc(O)cc2F)C(=O)C1=O. The molecule has 13 nitrogen and oxygen atoms in total. The lowest BCUT2D eigenvalue weighted by atomic mass is 9.72. The van der Waals surface area contributed by atoms with Crippen molar-refractivity contribution in [3.8, 4) is 11.5 Å². The van der Waals surface area contributed by atoms with Gasteiger partial charge >= 0.3 is 30.9 Å². The van der Waals surface area contributed by atoms with E-state index >= 15 is 0 Å². The van der Waals surface area contributed by atoms with E-state index in [1.54, 1.807) is 6.92 Å². The molecule has 0 aromatic heterocycles. The molecule has 2 aliphatic rings. The highest BCUT2D eigenvalue weighted by atomic mass is 19.1. The minimum atomic E-state index is -2.20. The molecule has 0 saturated carbocycles. The number of halogens is 3. The lowest BCUT2D eigenvalue weighted by Crippen LogP contribution is -2.60. The maximum Gasteiger partial charge on any atom is 0.547 e. The average molecular weight is 578 g/mol. The van der Waals surface area contributed by atoms with E-state index in [1.165, 1.54) is 4.90 Å². The number of imide groups is 1. The molecule has 5 N–H and O–H groups in total. The van der Waals surface area contributed by atoms with Crippen molar-refractivity contribution in [3.63, 3.8) is 0 Å². The Morgan fingerprint density at radius 2 is 1.76 bits per heavy atom. The van der Waals surface area contributed by atoms with Gasteiger partial charge in [0, 0.05) is 31.8 Å². The van der Waals surface area contributed by atoms with Crippen LogP contribution < -0.4 is 15.3 Å². The number of carboxylic acid groups (broad SMARTS) is 1. The Bertz CT molecular complexity index is 1440. The van der Waals surface area contributed by atoms with Crippen molar-refractivity contribution in [1.29, 1.82) is 0 Å². The summed E-state index contributed by atoms with van der Waals surface area (Å²) in [5.41, 5.74) is -1.83.